The predicted molar refractivity (Wildman–Crippen MR) is 83.2 cm³/mol. The first kappa shape index (κ1) is 15.8. The van der Waals surface area contributed by atoms with Gasteiger partial charge in [-0.3, -0.25) is 4.79 Å². The zero-order chi connectivity index (χ0) is 15.1. The summed E-state index contributed by atoms with van der Waals surface area (Å²) in [6.07, 6.45) is 6.48. The Morgan fingerprint density at radius 3 is 2.76 bits per heavy atom. The van der Waals surface area contributed by atoms with E-state index in [1.54, 1.807) is 6.92 Å². The van der Waals surface area contributed by atoms with E-state index in [9.17, 15) is 4.79 Å². The molecule has 1 N–H and O–H groups in total. The highest BCUT2D eigenvalue weighted by Crippen LogP contribution is 2.18. The molecular formula is C16H25N3O2. The number of aromatic nitrogens is 1. The molecule has 1 amide bonds. The molecule has 21 heavy (non-hydrogen) atoms. The molecule has 1 fully saturated rings. The zero-order valence-electron chi connectivity index (χ0n) is 13.0. The Morgan fingerprint density at radius 1 is 1.38 bits per heavy atom. The molecule has 0 bridgehead atoms. The van der Waals surface area contributed by atoms with Crippen LogP contribution in [0, 0.1) is 0 Å². The van der Waals surface area contributed by atoms with Crippen molar-refractivity contribution in [3.63, 3.8) is 0 Å². The molecule has 2 heterocycles. The molecule has 0 radical (unpaired) electrons. The SMILES string of the molecule is CO[C@@H](C)C(=O)NCc1ccnc(N2CCCCCC2)c1. The van der Waals surface area contributed by atoms with Crippen LogP contribution in [0.3, 0.4) is 0 Å². The average Bonchev–Trinajstić information content (AvgIpc) is 2.81. The van der Waals surface area contributed by atoms with Gasteiger partial charge in [0.1, 0.15) is 11.9 Å². The third-order valence-electron chi connectivity index (χ3n) is 3.93. The van der Waals surface area contributed by atoms with Crippen molar-refractivity contribution in [3.8, 4) is 0 Å². The van der Waals surface area contributed by atoms with Crippen molar-refractivity contribution in [2.24, 2.45) is 0 Å². The molecule has 0 saturated carbocycles. The van der Waals surface area contributed by atoms with Crippen LogP contribution in [0.25, 0.3) is 0 Å². The summed E-state index contributed by atoms with van der Waals surface area (Å²) in [5, 5.41) is 2.88. The molecule has 0 spiro atoms. The normalized spacial score (nSPS) is 17.1. The summed E-state index contributed by atoms with van der Waals surface area (Å²) in [5.74, 6) is 0.925. The summed E-state index contributed by atoms with van der Waals surface area (Å²) < 4.78 is 5.00. The van der Waals surface area contributed by atoms with Crippen LogP contribution in [0.4, 0.5) is 5.82 Å². The van der Waals surface area contributed by atoms with Crippen molar-refractivity contribution in [2.75, 3.05) is 25.1 Å². The average molecular weight is 291 g/mol. The number of pyridine rings is 1. The van der Waals surface area contributed by atoms with E-state index >= 15 is 0 Å². The molecule has 1 aromatic rings. The fourth-order valence-corrected chi connectivity index (χ4v) is 2.48. The van der Waals surface area contributed by atoms with Gasteiger partial charge in [0.25, 0.3) is 0 Å². The van der Waals surface area contributed by atoms with Crippen LogP contribution in [0.1, 0.15) is 38.2 Å². The summed E-state index contributed by atoms with van der Waals surface area (Å²) in [4.78, 5) is 18.5. The summed E-state index contributed by atoms with van der Waals surface area (Å²) in [6, 6.07) is 4.02. The number of hydrogen-bond donors (Lipinski definition) is 1. The van der Waals surface area contributed by atoms with Crippen molar-refractivity contribution in [2.45, 2.75) is 45.3 Å². The van der Waals surface area contributed by atoms with Crippen molar-refractivity contribution in [1.29, 1.82) is 0 Å². The van der Waals surface area contributed by atoms with E-state index in [1.807, 2.05) is 12.3 Å². The topological polar surface area (TPSA) is 54.5 Å². The van der Waals surface area contributed by atoms with Crippen molar-refractivity contribution < 1.29 is 9.53 Å². The lowest BCUT2D eigenvalue weighted by molar-refractivity contribution is -0.130. The first-order chi connectivity index (χ1) is 10.2. The Labute approximate surface area is 126 Å². The minimum absolute atomic E-state index is 0.0920. The molecule has 2 rings (SSSR count). The van der Waals surface area contributed by atoms with E-state index in [-0.39, 0.29) is 5.91 Å². The number of anilines is 1. The van der Waals surface area contributed by atoms with Crippen LogP contribution in [-0.4, -0.2) is 37.2 Å². The number of carbonyl (C=O) groups is 1. The van der Waals surface area contributed by atoms with E-state index in [1.165, 1.54) is 32.8 Å². The van der Waals surface area contributed by atoms with Crippen LogP contribution >= 0.6 is 0 Å². The summed E-state index contributed by atoms with van der Waals surface area (Å²) in [5.41, 5.74) is 1.07. The molecule has 0 aliphatic carbocycles. The van der Waals surface area contributed by atoms with Crippen LogP contribution in [0.5, 0.6) is 0 Å². The van der Waals surface area contributed by atoms with Gasteiger partial charge in [0.05, 0.1) is 0 Å². The second-order valence-corrected chi connectivity index (χ2v) is 5.52. The molecule has 116 valence electrons. The van der Waals surface area contributed by atoms with E-state index in [4.69, 9.17) is 4.74 Å². The molecule has 5 heteroatoms. The first-order valence-corrected chi connectivity index (χ1v) is 7.71. The highest BCUT2D eigenvalue weighted by molar-refractivity contribution is 5.80. The number of nitrogens with one attached hydrogen (secondary N) is 1. The van der Waals surface area contributed by atoms with Crippen molar-refractivity contribution in [1.82, 2.24) is 10.3 Å². The monoisotopic (exact) mass is 291 g/mol. The maximum atomic E-state index is 11.7. The van der Waals surface area contributed by atoms with Crippen LogP contribution in [0.15, 0.2) is 18.3 Å². The molecular weight excluding hydrogens is 266 g/mol. The van der Waals surface area contributed by atoms with E-state index in [2.05, 4.69) is 21.3 Å². The second-order valence-electron chi connectivity index (χ2n) is 5.52. The largest absolute Gasteiger partial charge is 0.372 e. The lowest BCUT2D eigenvalue weighted by Crippen LogP contribution is -2.33. The fraction of sp³-hybridized carbons (Fsp3) is 0.625. The first-order valence-electron chi connectivity index (χ1n) is 7.71. The number of rotatable bonds is 5. The molecule has 5 nitrogen and oxygen atoms in total. The van der Waals surface area contributed by atoms with E-state index in [0.29, 0.717) is 6.54 Å². The molecule has 1 aliphatic heterocycles. The molecule has 0 aromatic carbocycles. The Bertz CT molecular complexity index is 457. The maximum absolute atomic E-state index is 11.7. The standard InChI is InChI=1S/C16H25N3O2/c1-13(21-2)16(20)18-12-14-7-8-17-15(11-14)19-9-5-3-4-6-10-19/h7-8,11,13H,3-6,9-10,12H2,1-2H3,(H,18,20)/t13-/m0/s1. The molecule has 1 saturated heterocycles. The third kappa shape index (κ3) is 4.70. The number of nitrogens with zero attached hydrogens (tertiary/aromatic N) is 2. The maximum Gasteiger partial charge on any atom is 0.249 e. The zero-order valence-corrected chi connectivity index (χ0v) is 13.0. The fourth-order valence-electron chi connectivity index (χ4n) is 2.48. The van der Waals surface area contributed by atoms with E-state index < -0.39 is 6.10 Å². The van der Waals surface area contributed by atoms with Gasteiger partial charge >= 0.3 is 0 Å². The van der Waals surface area contributed by atoms with Gasteiger partial charge < -0.3 is 15.0 Å². The number of amides is 1. The number of hydrogen-bond acceptors (Lipinski definition) is 4. The summed E-state index contributed by atoms with van der Waals surface area (Å²) >= 11 is 0. The minimum atomic E-state index is -0.420. The van der Waals surface area contributed by atoms with E-state index in [0.717, 1.165) is 24.5 Å². The lowest BCUT2D eigenvalue weighted by atomic mass is 10.2. The van der Waals surface area contributed by atoms with Crippen molar-refractivity contribution in [3.05, 3.63) is 23.9 Å². The second kappa shape index (κ2) is 7.98. The van der Waals surface area contributed by atoms with Crippen LogP contribution < -0.4 is 10.2 Å². The van der Waals surface area contributed by atoms with Gasteiger partial charge in [0.2, 0.25) is 5.91 Å². The molecule has 1 aromatic heterocycles. The minimum Gasteiger partial charge on any atom is -0.372 e. The molecule has 1 atom stereocenters. The highest BCUT2D eigenvalue weighted by atomic mass is 16.5. The Morgan fingerprint density at radius 2 is 2.10 bits per heavy atom. The van der Waals surface area contributed by atoms with Crippen molar-refractivity contribution >= 4 is 11.7 Å². The Balaban J connectivity index is 1.95. The van der Waals surface area contributed by atoms with Gasteiger partial charge in [-0.2, -0.15) is 0 Å². The summed E-state index contributed by atoms with van der Waals surface area (Å²) in [6.45, 7) is 4.40. The Hall–Kier alpha value is -1.62. The van der Waals surface area contributed by atoms with Gasteiger partial charge in [-0.15, -0.1) is 0 Å². The predicted octanol–water partition coefficient (Wildman–Crippen LogP) is 2.11. The lowest BCUT2D eigenvalue weighted by Gasteiger charge is -2.22. The molecule has 0 unspecified atom stereocenters. The van der Waals surface area contributed by atoms with Gasteiger partial charge in [-0.25, -0.2) is 4.98 Å². The summed E-state index contributed by atoms with van der Waals surface area (Å²) in [7, 11) is 1.54. The van der Waals surface area contributed by atoms with Crippen LogP contribution in [-0.2, 0) is 16.1 Å². The third-order valence-corrected chi connectivity index (χ3v) is 3.93. The smallest absolute Gasteiger partial charge is 0.249 e. The number of carbonyl (C=O) groups excluding carboxylic acids is 1. The Kier molecular flexibility index (Phi) is 5.99. The van der Waals surface area contributed by atoms with Gasteiger partial charge in [-0.1, -0.05) is 12.8 Å². The van der Waals surface area contributed by atoms with Gasteiger partial charge in [-0.05, 0) is 37.5 Å². The van der Waals surface area contributed by atoms with Gasteiger partial charge in [0, 0.05) is 32.9 Å². The quantitative estimate of drug-likeness (QED) is 0.903. The molecule has 1 aliphatic rings. The highest BCUT2D eigenvalue weighted by Gasteiger charge is 2.13. The number of ether oxygens (including phenoxy) is 1. The van der Waals surface area contributed by atoms with Gasteiger partial charge in [0.15, 0.2) is 0 Å². The number of methoxy groups -OCH3 is 1. The van der Waals surface area contributed by atoms with Crippen LogP contribution in [0.2, 0.25) is 0 Å².